The average Bonchev–Trinajstić information content (AvgIpc) is 2.84. The number of benzene rings is 1. The molecular weight excluding hydrogens is 235 g/mol. The van der Waals surface area contributed by atoms with Crippen molar-refractivity contribution < 1.29 is 13.9 Å². The summed E-state index contributed by atoms with van der Waals surface area (Å²) < 4.78 is 18.5. The number of hydrogen-bond acceptors (Lipinski definition) is 3. The Morgan fingerprint density at radius 1 is 1.61 bits per heavy atom. The predicted molar refractivity (Wildman–Crippen MR) is 66.7 cm³/mol. The van der Waals surface area contributed by atoms with E-state index in [0.29, 0.717) is 12.1 Å². The molecule has 1 unspecified atom stereocenters. The van der Waals surface area contributed by atoms with E-state index in [-0.39, 0.29) is 17.7 Å². The molecule has 1 heterocycles. The summed E-state index contributed by atoms with van der Waals surface area (Å²) in [7, 11) is 1.71. The minimum absolute atomic E-state index is 0.00799. The van der Waals surface area contributed by atoms with Gasteiger partial charge in [-0.1, -0.05) is 0 Å². The molecule has 98 valence electrons. The second-order valence-electron chi connectivity index (χ2n) is 4.56. The second kappa shape index (κ2) is 5.35. The Kier molecular flexibility index (Phi) is 3.81. The third kappa shape index (κ3) is 2.79. The third-order valence-electron chi connectivity index (χ3n) is 3.09. The van der Waals surface area contributed by atoms with Gasteiger partial charge in [-0.05, 0) is 31.0 Å². The molecule has 1 aromatic rings. The van der Waals surface area contributed by atoms with Crippen LogP contribution < -0.4 is 5.73 Å². The quantitative estimate of drug-likeness (QED) is 0.832. The fourth-order valence-corrected chi connectivity index (χ4v) is 2.07. The maximum Gasteiger partial charge on any atom is 0.253 e. The van der Waals surface area contributed by atoms with Crippen LogP contribution in [-0.2, 0) is 4.74 Å². The summed E-state index contributed by atoms with van der Waals surface area (Å²) in [6.07, 6.45) is 2.12. The van der Waals surface area contributed by atoms with Crippen LogP contribution in [0.2, 0.25) is 0 Å². The smallest absolute Gasteiger partial charge is 0.253 e. The number of amides is 1. The highest BCUT2D eigenvalue weighted by atomic mass is 19.1. The zero-order valence-corrected chi connectivity index (χ0v) is 10.4. The normalized spacial score (nSPS) is 18.9. The number of nitrogen functional groups attached to an aromatic ring is 1. The third-order valence-corrected chi connectivity index (χ3v) is 3.09. The van der Waals surface area contributed by atoms with E-state index in [1.54, 1.807) is 11.9 Å². The van der Waals surface area contributed by atoms with Crippen molar-refractivity contribution >= 4 is 11.6 Å². The summed E-state index contributed by atoms with van der Waals surface area (Å²) in [5.41, 5.74) is 5.84. The molecule has 0 bridgehead atoms. The van der Waals surface area contributed by atoms with Crippen LogP contribution in [0.25, 0.3) is 0 Å². The van der Waals surface area contributed by atoms with Crippen LogP contribution in [-0.4, -0.2) is 37.1 Å². The monoisotopic (exact) mass is 252 g/mol. The molecule has 1 fully saturated rings. The summed E-state index contributed by atoms with van der Waals surface area (Å²) >= 11 is 0. The van der Waals surface area contributed by atoms with Gasteiger partial charge in [0, 0.05) is 25.8 Å². The van der Waals surface area contributed by atoms with E-state index < -0.39 is 5.82 Å². The van der Waals surface area contributed by atoms with Crippen LogP contribution in [0.15, 0.2) is 18.2 Å². The Balaban J connectivity index is 2.02. The molecule has 1 atom stereocenters. The Morgan fingerprint density at radius 2 is 2.39 bits per heavy atom. The highest BCUT2D eigenvalue weighted by Gasteiger charge is 2.21. The number of carbonyl (C=O) groups excluding carboxylic acids is 1. The average molecular weight is 252 g/mol. The number of anilines is 1. The van der Waals surface area contributed by atoms with Gasteiger partial charge in [0.1, 0.15) is 5.82 Å². The van der Waals surface area contributed by atoms with Crippen molar-refractivity contribution in [2.45, 2.75) is 18.9 Å². The molecule has 1 saturated heterocycles. The van der Waals surface area contributed by atoms with E-state index >= 15 is 0 Å². The van der Waals surface area contributed by atoms with Crippen molar-refractivity contribution in [2.24, 2.45) is 0 Å². The van der Waals surface area contributed by atoms with E-state index in [9.17, 15) is 9.18 Å². The zero-order valence-electron chi connectivity index (χ0n) is 10.4. The lowest BCUT2D eigenvalue weighted by atomic mass is 10.1. The second-order valence-corrected chi connectivity index (χ2v) is 4.56. The van der Waals surface area contributed by atoms with Crippen LogP contribution in [0.4, 0.5) is 10.1 Å². The fraction of sp³-hybridized carbons (Fsp3) is 0.462. The van der Waals surface area contributed by atoms with E-state index in [0.717, 1.165) is 19.4 Å². The van der Waals surface area contributed by atoms with Gasteiger partial charge in [0.05, 0.1) is 11.8 Å². The topological polar surface area (TPSA) is 55.6 Å². The number of carbonyl (C=O) groups is 1. The van der Waals surface area contributed by atoms with Gasteiger partial charge in [0.25, 0.3) is 5.91 Å². The first-order valence-corrected chi connectivity index (χ1v) is 6.00. The highest BCUT2D eigenvalue weighted by Crippen LogP contribution is 2.16. The standard InChI is InChI=1S/C13H17FN2O2/c1-16(8-10-3-2-6-18-10)13(17)9-4-5-11(14)12(15)7-9/h4-5,7,10H,2-3,6,8,15H2,1H3. The number of halogens is 1. The van der Waals surface area contributed by atoms with Gasteiger partial charge in [-0.3, -0.25) is 4.79 Å². The Bertz CT molecular complexity index is 445. The SMILES string of the molecule is CN(CC1CCCO1)C(=O)c1ccc(F)c(N)c1. The van der Waals surface area contributed by atoms with E-state index in [1.165, 1.54) is 18.2 Å². The lowest BCUT2D eigenvalue weighted by Gasteiger charge is -2.21. The predicted octanol–water partition coefficient (Wildman–Crippen LogP) is 1.66. The van der Waals surface area contributed by atoms with Crippen molar-refractivity contribution in [3.8, 4) is 0 Å². The highest BCUT2D eigenvalue weighted by molar-refractivity contribution is 5.94. The summed E-state index contributed by atoms with van der Waals surface area (Å²) in [6, 6.07) is 4.02. The van der Waals surface area contributed by atoms with Gasteiger partial charge in [-0.15, -0.1) is 0 Å². The number of rotatable bonds is 3. The molecule has 0 radical (unpaired) electrons. The molecule has 1 aromatic carbocycles. The maximum absolute atomic E-state index is 13.0. The summed E-state index contributed by atoms with van der Waals surface area (Å²) in [5, 5.41) is 0. The van der Waals surface area contributed by atoms with Crippen molar-refractivity contribution in [1.82, 2.24) is 4.90 Å². The molecule has 18 heavy (non-hydrogen) atoms. The van der Waals surface area contributed by atoms with E-state index in [1.807, 2.05) is 0 Å². The lowest BCUT2D eigenvalue weighted by Crippen LogP contribution is -2.34. The molecule has 0 spiro atoms. The molecule has 1 aliphatic heterocycles. The summed E-state index contributed by atoms with van der Waals surface area (Å²) in [4.78, 5) is 13.7. The van der Waals surface area contributed by atoms with Gasteiger partial charge in [-0.25, -0.2) is 4.39 Å². The zero-order chi connectivity index (χ0) is 13.1. The lowest BCUT2D eigenvalue weighted by molar-refractivity contribution is 0.0587. The number of ether oxygens (including phenoxy) is 1. The van der Waals surface area contributed by atoms with Crippen molar-refractivity contribution in [1.29, 1.82) is 0 Å². The maximum atomic E-state index is 13.0. The van der Waals surface area contributed by atoms with Crippen molar-refractivity contribution in [3.63, 3.8) is 0 Å². The molecule has 0 aromatic heterocycles. The van der Waals surface area contributed by atoms with Gasteiger partial charge in [-0.2, -0.15) is 0 Å². The van der Waals surface area contributed by atoms with Crippen LogP contribution >= 0.6 is 0 Å². The van der Waals surface area contributed by atoms with E-state index in [2.05, 4.69) is 0 Å². The largest absolute Gasteiger partial charge is 0.396 e. The Labute approximate surface area is 106 Å². The molecule has 5 heteroatoms. The van der Waals surface area contributed by atoms with Crippen molar-refractivity contribution in [3.05, 3.63) is 29.6 Å². The number of nitrogens with two attached hydrogens (primary N) is 1. The first-order chi connectivity index (χ1) is 8.58. The van der Waals surface area contributed by atoms with Gasteiger partial charge in [0.2, 0.25) is 0 Å². The van der Waals surface area contributed by atoms with Crippen molar-refractivity contribution in [2.75, 3.05) is 25.9 Å². The minimum atomic E-state index is -0.506. The Hall–Kier alpha value is -1.62. The summed E-state index contributed by atoms with van der Waals surface area (Å²) in [5.74, 6) is -0.675. The van der Waals surface area contributed by atoms with Gasteiger partial charge >= 0.3 is 0 Å². The molecule has 2 N–H and O–H groups in total. The van der Waals surface area contributed by atoms with Crippen LogP contribution in [0.1, 0.15) is 23.2 Å². The fourth-order valence-electron chi connectivity index (χ4n) is 2.07. The number of likely N-dealkylation sites (N-methyl/N-ethyl adjacent to an activating group) is 1. The first kappa shape index (κ1) is 12.8. The van der Waals surface area contributed by atoms with Gasteiger partial charge in [0.15, 0.2) is 0 Å². The first-order valence-electron chi connectivity index (χ1n) is 6.00. The molecule has 2 rings (SSSR count). The van der Waals surface area contributed by atoms with Crippen LogP contribution in [0, 0.1) is 5.82 Å². The minimum Gasteiger partial charge on any atom is -0.396 e. The van der Waals surface area contributed by atoms with Crippen LogP contribution in [0.5, 0.6) is 0 Å². The number of hydrogen-bond donors (Lipinski definition) is 1. The summed E-state index contributed by atoms with van der Waals surface area (Å²) in [6.45, 7) is 1.31. The molecule has 1 aliphatic rings. The van der Waals surface area contributed by atoms with Crippen LogP contribution in [0.3, 0.4) is 0 Å². The van der Waals surface area contributed by atoms with E-state index in [4.69, 9.17) is 10.5 Å². The molecule has 4 nitrogen and oxygen atoms in total. The van der Waals surface area contributed by atoms with Gasteiger partial charge < -0.3 is 15.4 Å². The molecule has 0 aliphatic carbocycles. The Morgan fingerprint density at radius 3 is 3.00 bits per heavy atom. The molecule has 0 saturated carbocycles. The molecular formula is C13H17FN2O2. The number of nitrogens with zero attached hydrogens (tertiary/aromatic N) is 1. The molecule has 1 amide bonds.